The maximum atomic E-state index is 11.8. The summed E-state index contributed by atoms with van der Waals surface area (Å²) in [6, 6.07) is 0.548. The molecule has 0 aliphatic heterocycles. The smallest absolute Gasteiger partial charge is 0.358 e. The third kappa shape index (κ3) is 3.32. The third-order valence-electron chi connectivity index (χ3n) is 4.09. The predicted molar refractivity (Wildman–Crippen MR) is 82.6 cm³/mol. The van der Waals surface area contributed by atoms with Gasteiger partial charge in [-0.3, -0.25) is 0 Å². The van der Waals surface area contributed by atoms with Crippen LogP contribution in [0.1, 0.15) is 54.9 Å². The summed E-state index contributed by atoms with van der Waals surface area (Å²) in [5.74, 6) is 0.533. The second-order valence-corrected chi connectivity index (χ2v) is 6.83. The lowest BCUT2D eigenvalue weighted by Crippen LogP contribution is -2.34. The van der Waals surface area contributed by atoms with E-state index in [4.69, 9.17) is 4.74 Å². The zero-order valence-corrected chi connectivity index (χ0v) is 13.6. The Balaban J connectivity index is 2.09. The SMILES string of the molecule is CCOC(=O)c1nc(N(C)C2CCC(C)CC2)sc1C. The number of carbonyl (C=O) groups excluding carboxylic acids is 1. The van der Waals surface area contributed by atoms with E-state index in [1.807, 2.05) is 13.8 Å². The van der Waals surface area contributed by atoms with Gasteiger partial charge in [0.05, 0.1) is 6.61 Å². The minimum absolute atomic E-state index is 0.307. The number of hydrogen-bond donors (Lipinski definition) is 0. The molecule has 0 N–H and O–H groups in total. The van der Waals surface area contributed by atoms with Crippen molar-refractivity contribution in [2.45, 2.75) is 52.5 Å². The molecule has 0 amide bonds. The van der Waals surface area contributed by atoms with Crippen molar-refractivity contribution < 1.29 is 9.53 Å². The van der Waals surface area contributed by atoms with Crippen LogP contribution >= 0.6 is 11.3 Å². The summed E-state index contributed by atoms with van der Waals surface area (Å²) in [4.78, 5) is 19.5. The molecule has 1 heterocycles. The first-order valence-electron chi connectivity index (χ1n) is 7.40. The topological polar surface area (TPSA) is 42.4 Å². The van der Waals surface area contributed by atoms with Crippen LogP contribution in [0.3, 0.4) is 0 Å². The molecule has 0 aromatic carbocycles. The van der Waals surface area contributed by atoms with Crippen LogP contribution in [0.2, 0.25) is 0 Å². The van der Waals surface area contributed by atoms with Crippen molar-refractivity contribution in [3.05, 3.63) is 10.6 Å². The number of hydrogen-bond acceptors (Lipinski definition) is 5. The number of rotatable bonds is 4. The van der Waals surface area contributed by atoms with Crippen LogP contribution < -0.4 is 4.90 Å². The van der Waals surface area contributed by atoms with E-state index in [0.717, 1.165) is 15.9 Å². The van der Waals surface area contributed by atoms with Crippen LogP contribution in [-0.2, 0) is 4.74 Å². The predicted octanol–water partition coefficient (Wildman–Crippen LogP) is 3.64. The molecule has 1 aromatic heterocycles. The van der Waals surface area contributed by atoms with Gasteiger partial charge < -0.3 is 9.64 Å². The number of carbonyl (C=O) groups is 1. The molecule has 0 spiro atoms. The Kier molecular flexibility index (Phi) is 5.02. The highest BCUT2D eigenvalue weighted by molar-refractivity contribution is 7.15. The first-order valence-corrected chi connectivity index (χ1v) is 8.22. The van der Waals surface area contributed by atoms with Gasteiger partial charge in [0.15, 0.2) is 10.8 Å². The van der Waals surface area contributed by atoms with Crippen molar-refractivity contribution in [1.29, 1.82) is 0 Å². The largest absolute Gasteiger partial charge is 0.461 e. The van der Waals surface area contributed by atoms with Crippen LogP contribution in [-0.4, -0.2) is 30.6 Å². The van der Waals surface area contributed by atoms with Crippen molar-refractivity contribution >= 4 is 22.4 Å². The molecule has 20 heavy (non-hydrogen) atoms. The highest BCUT2D eigenvalue weighted by atomic mass is 32.1. The zero-order chi connectivity index (χ0) is 14.7. The Morgan fingerprint density at radius 2 is 2.05 bits per heavy atom. The molecule has 0 unspecified atom stereocenters. The van der Waals surface area contributed by atoms with Gasteiger partial charge in [-0.1, -0.05) is 6.92 Å². The molecular formula is C15H24N2O2S. The van der Waals surface area contributed by atoms with E-state index in [1.165, 1.54) is 25.7 Å². The Morgan fingerprint density at radius 1 is 1.40 bits per heavy atom. The quantitative estimate of drug-likeness (QED) is 0.796. The summed E-state index contributed by atoms with van der Waals surface area (Å²) in [5.41, 5.74) is 0.475. The van der Waals surface area contributed by atoms with Crippen LogP contribution in [0.4, 0.5) is 5.13 Å². The maximum absolute atomic E-state index is 11.8. The van der Waals surface area contributed by atoms with Crippen LogP contribution in [0.25, 0.3) is 0 Å². The van der Waals surface area contributed by atoms with E-state index in [2.05, 4.69) is 23.9 Å². The lowest BCUT2D eigenvalue weighted by atomic mass is 9.87. The normalized spacial score (nSPS) is 22.6. The summed E-state index contributed by atoms with van der Waals surface area (Å²) >= 11 is 1.59. The fraction of sp³-hybridized carbons (Fsp3) is 0.733. The second-order valence-electron chi connectivity index (χ2n) is 5.65. The molecule has 0 radical (unpaired) electrons. The molecule has 5 heteroatoms. The Morgan fingerprint density at radius 3 is 2.65 bits per heavy atom. The molecule has 1 saturated carbocycles. The second kappa shape index (κ2) is 6.57. The van der Waals surface area contributed by atoms with E-state index >= 15 is 0 Å². The highest BCUT2D eigenvalue weighted by Gasteiger charge is 2.25. The molecule has 0 saturated heterocycles. The molecule has 112 valence electrons. The van der Waals surface area contributed by atoms with Gasteiger partial charge in [0.2, 0.25) is 0 Å². The van der Waals surface area contributed by atoms with Crippen molar-refractivity contribution in [1.82, 2.24) is 4.98 Å². The number of esters is 1. The van der Waals surface area contributed by atoms with Crippen LogP contribution in [0, 0.1) is 12.8 Å². The van der Waals surface area contributed by atoms with Crippen molar-refractivity contribution in [2.24, 2.45) is 5.92 Å². The standard InChI is InChI=1S/C15H24N2O2S/c1-5-19-14(18)13-11(3)20-15(16-13)17(4)12-8-6-10(2)7-9-12/h10,12H,5-9H2,1-4H3. The molecule has 1 aliphatic carbocycles. The number of nitrogens with zero attached hydrogens (tertiary/aromatic N) is 2. The van der Waals surface area contributed by atoms with Gasteiger partial charge in [-0.05, 0) is 45.4 Å². The number of anilines is 1. The number of ether oxygens (including phenoxy) is 1. The number of aromatic nitrogens is 1. The van der Waals surface area contributed by atoms with Gasteiger partial charge in [0.1, 0.15) is 0 Å². The molecule has 0 atom stereocenters. The monoisotopic (exact) mass is 296 g/mol. The van der Waals surface area contributed by atoms with Gasteiger partial charge in [-0.15, -0.1) is 11.3 Å². The highest BCUT2D eigenvalue weighted by Crippen LogP contribution is 2.32. The molecule has 1 aliphatic rings. The fourth-order valence-corrected chi connectivity index (χ4v) is 3.64. The van der Waals surface area contributed by atoms with Crippen LogP contribution in [0.5, 0.6) is 0 Å². The van der Waals surface area contributed by atoms with Gasteiger partial charge in [-0.2, -0.15) is 0 Å². The van der Waals surface area contributed by atoms with Crippen LogP contribution in [0.15, 0.2) is 0 Å². The summed E-state index contributed by atoms with van der Waals surface area (Å²) in [6.45, 7) is 6.46. The summed E-state index contributed by atoms with van der Waals surface area (Å²) in [5, 5.41) is 0.935. The van der Waals surface area contributed by atoms with Gasteiger partial charge in [0, 0.05) is 18.0 Å². The number of thiazole rings is 1. The average molecular weight is 296 g/mol. The average Bonchev–Trinajstić information content (AvgIpc) is 2.81. The minimum Gasteiger partial charge on any atom is -0.461 e. The Bertz CT molecular complexity index is 464. The van der Waals surface area contributed by atoms with Gasteiger partial charge >= 0.3 is 5.97 Å². The maximum Gasteiger partial charge on any atom is 0.358 e. The third-order valence-corrected chi connectivity index (χ3v) is 5.15. The number of aryl methyl sites for hydroxylation is 1. The lowest BCUT2D eigenvalue weighted by molar-refractivity contribution is 0.0519. The molecule has 1 aromatic rings. The van der Waals surface area contributed by atoms with E-state index < -0.39 is 0 Å². The summed E-state index contributed by atoms with van der Waals surface area (Å²) < 4.78 is 5.05. The molecule has 0 bridgehead atoms. The first kappa shape index (κ1) is 15.3. The summed E-state index contributed by atoms with van der Waals surface area (Å²) in [7, 11) is 2.09. The van der Waals surface area contributed by atoms with E-state index in [0.29, 0.717) is 18.3 Å². The molecule has 1 fully saturated rings. The molecular weight excluding hydrogens is 272 g/mol. The molecule has 4 nitrogen and oxygen atoms in total. The van der Waals surface area contributed by atoms with Crippen molar-refractivity contribution in [3.8, 4) is 0 Å². The van der Waals surface area contributed by atoms with Crippen molar-refractivity contribution in [2.75, 3.05) is 18.6 Å². The van der Waals surface area contributed by atoms with Gasteiger partial charge in [-0.25, -0.2) is 9.78 Å². The minimum atomic E-state index is -0.307. The van der Waals surface area contributed by atoms with Gasteiger partial charge in [0.25, 0.3) is 0 Å². The van der Waals surface area contributed by atoms with E-state index in [9.17, 15) is 4.79 Å². The van der Waals surface area contributed by atoms with E-state index in [1.54, 1.807) is 11.3 Å². The fourth-order valence-electron chi connectivity index (χ4n) is 2.71. The summed E-state index contributed by atoms with van der Waals surface area (Å²) in [6.07, 6.45) is 4.99. The van der Waals surface area contributed by atoms with E-state index in [-0.39, 0.29) is 5.97 Å². The zero-order valence-electron chi connectivity index (χ0n) is 12.8. The lowest BCUT2D eigenvalue weighted by Gasteiger charge is -2.33. The first-order chi connectivity index (χ1) is 9.52. The Labute approximate surface area is 125 Å². The van der Waals surface area contributed by atoms with Crippen molar-refractivity contribution in [3.63, 3.8) is 0 Å². The molecule has 2 rings (SSSR count). The Hall–Kier alpha value is -1.10.